The summed E-state index contributed by atoms with van der Waals surface area (Å²) in [6.45, 7) is 2.37. The molecule has 0 saturated carbocycles. The van der Waals surface area contributed by atoms with E-state index in [2.05, 4.69) is 5.32 Å². The zero-order valence-corrected chi connectivity index (χ0v) is 12.8. The minimum Gasteiger partial charge on any atom is -0.508 e. The maximum absolute atomic E-state index is 12.3. The first-order valence-electron chi connectivity index (χ1n) is 7.33. The van der Waals surface area contributed by atoms with Gasteiger partial charge < -0.3 is 25.5 Å². The molecular formula is C16H20N2O5. The Morgan fingerprint density at radius 2 is 1.87 bits per heavy atom. The van der Waals surface area contributed by atoms with Crippen LogP contribution in [0.4, 0.5) is 0 Å². The third kappa shape index (κ3) is 3.52. The van der Waals surface area contributed by atoms with Crippen LogP contribution < -0.4 is 5.32 Å². The molecule has 1 heterocycles. The quantitative estimate of drug-likeness (QED) is 0.536. The average molecular weight is 320 g/mol. The Hall–Kier alpha value is -2.38. The molecule has 1 aliphatic heterocycles. The van der Waals surface area contributed by atoms with Gasteiger partial charge in [-0.3, -0.25) is 9.59 Å². The summed E-state index contributed by atoms with van der Waals surface area (Å²) < 4.78 is 0. The zero-order chi connectivity index (χ0) is 17.0. The highest BCUT2D eigenvalue weighted by Crippen LogP contribution is 2.37. The molecule has 1 aromatic rings. The molecule has 7 heteroatoms. The third-order valence-corrected chi connectivity index (χ3v) is 3.71. The largest absolute Gasteiger partial charge is 0.508 e. The summed E-state index contributed by atoms with van der Waals surface area (Å²) in [7, 11) is 0. The monoisotopic (exact) mass is 320 g/mol. The number of carbonyl (C=O) groups is 2. The lowest BCUT2D eigenvalue weighted by atomic mass is 9.96. The molecule has 1 aliphatic rings. The molecule has 0 aromatic heterocycles. The average Bonchev–Trinajstić information content (AvgIpc) is 2.77. The SMILES string of the molecule is CC(=O)C1=C(O)C(=O)N(CCNCCO)[C@@H]1c1ccc(O)cc1. The lowest BCUT2D eigenvalue weighted by Crippen LogP contribution is -2.37. The predicted octanol–water partition coefficient (Wildman–Crippen LogP) is 0.258. The van der Waals surface area contributed by atoms with Crippen LogP contribution in [0.3, 0.4) is 0 Å². The molecule has 1 aromatic carbocycles. The van der Waals surface area contributed by atoms with Gasteiger partial charge in [-0.05, 0) is 24.6 Å². The number of hydrogen-bond acceptors (Lipinski definition) is 6. The van der Waals surface area contributed by atoms with Gasteiger partial charge in [-0.2, -0.15) is 0 Å². The van der Waals surface area contributed by atoms with Crippen LogP contribution in [0.2, 0.25) is 0 Å². The number of nitrogens with one attached hydrogen (secondary N) is 1. The smallest absolute Gasteiger partial charge is 0.290 e. The second-order valence-corrected chi connectivity index (χ2v) is 5.28. The number of carbonyl (C=O) groups excluding carboxylic acids is 2. The summed E-state index contributed by atoms with van der Waals surface area (Å²) in [5.41, 5.74) is 0.690. The van der Waals surface area contributed by atoms with Gasteiger partial charge >= 0.3 is 0 Å². The molecular weight excluding hydrogens is 300 g/mol. The summed E-state index contributed by atoms with van der Waals surface area (Å²) in [5, 5.41) is 31.2. The number of Topliss-reactive ketones (excluding diaryl/α,β-unsaturated/α-hetero) is 1. The van der Waals surface area contributed by atoms with E-state index in [1.54, 1.807) is 12.1 Å². The Kier molecular flexibility index (Phi) is 5.36. The molecule has 0 radical (unpaired) electrons. The van der Waals surface area contributed by atoms with Crippen molar-refractivity contribution in [2.24, 2.45) is 0 Å². The number of aliphatic hydroxyl groups is 2. The second kappa shape index (κ2) is 7.26. The van der Waals surface area contributed by atoms with Gasteiger partial charge in [0.15, 0.2) is 11.5 Å². The molecule has 2 rings (SSSR count). The van der Waals surface area contributed by atoms with E-state index in [1.807, 2.05) is 0 Å². The molecule has 4 N–H and O–H groups in total. The van der Waals surface area contributed by atoms with Crippen LogP contribution in [0.1, 0.15) is 18.5 Å². The third-order valence-electron chi connectivity index (χ3n) is 3.71. The van der Waals surface area contributed by atoms with Crippen molar-refractivity contribution in [3.63, 3.8) is 0 Å². The van der Waals surface area contributed by atoms with Crippen LogP contribution in [0.15, 0.2) is 35.6 Å². The highest BCUT2D eigenvalue weighted by molar-refractivity contribution is 6.08. The minimum absolute atomic E-state index is 0.0163. The molecule has 1 amide bonds. The van der Waals surface area contributed by atoms with Gasteiger partial charge in [0.05, 0.1) is 18.2 Å². The van der Waals surface area contributed by atoms with Crippen molar-refractivity contribution in [1.29, 1.82) is 0 Å². The van der Waals surface area contributed by atoms with E-state index in [4.69, 9.17) is 5.11 Å². The van der Waals surface area contributed by atoms with Crippen LogP contribution >= 0.6 is 0 Å². The highest BCUT2D eigenvalue weighted by atomic mass is 16.3. The van der Waals surface area contributed by atoms with E-state index in [0.29, 0.717) is 18.7 Å². The van der Waals surface area contributed by atoms with E-state index in [9.17, 15) is 19.8 Å². The first kappa shape index (κ1) is 17.0. The predicted molar refractivity (Wildman–Crippen MR) is 82.9 cm³/mol. The van der Waals surface area contributed by atoms with E-state index < -0.39 is 17.7 Å². The molecule has 0 fully saturated rings. The fourth-order valence-corrected chi connectivity index (χ4v) is 2.65. The molecule has 124 valence electrons. The first-order valence-corrected chi connectivity index (χ1v) is 7.33. The van der Waals surface area contributed by atoms with Crippen LogP contribution in [0.5, 0.6) is 5.75 Å². The van der Waals surface area contributed by atoms with Crippen molar-refractivity contribution in [2.75, 3.05) is 26.2 Å². The number of nitrogens with zero attached hydrogens (tertiary/aromatic N) is 1. The maximum Gasteiger partial charge on any atom is 0.290 e. The fraction of sp³-hybridized carbons (Fsp3) is 0.375. The van der Waals surface area contributed by atoms with Crippen molar-refractivity contribution < 1.29 is 24.9 Å². The number of amides is 1. The number of hydrogen-bond donors (Lipinski definition) is 4. The number of ketones is 1. The Labute approximate surface area is 133 Å². The van der Waals surface area contributed by atoms with E-state index >= 15 is 0 Å². The van der Waals surface area contributed by atoms with Gasteiger partial charge in [-0.15, -0.1) is 0 Å². The molecule has 0 unspecified atom stereocenters. The van der Waals surface area contributed by atoms with Gasteiger partial charge in [-0.1, -0.05) is 12.1 Å². The van der Waals surface area contributed by atoms with E-state index in [-0.39, 0.29) is 30.3 Å². The topological polar surface area (TPSA) is 110 Å². The van der Waals surface area contributed by atoms with Gasteiger partial charge in [0.1, 0.15) is 5.75 Å². The van der Waals surface area contributed by atoms with Gasteiger partial charge in [0, 0.05) is 19.6 Å². The number of rotatable bonds is 7. The van der Waals surface area contributed by atoms with Crippen LogP contribution in [0.25, 0.3) is 0 Å². The van der Waals surface area contributed by atoms with Crippen molar-refractivity contribution in [3.05, 3.63) is 41.2 Å². The summed E-state index contributed by atoms with van der Waals surface area (Å²) in [4.78, 5) is 25.6. The zero-order valence-electron chi connectivity index (χ0n) is 12.8. The highest BCUT2D eigenvalue weighted by Gasteiger charge is 2.41. The Morgan fingerprint density at radius 1 is 1.22 bits per heavy atom. The van der Waals surface area contributed by atoms with Crippen molar-refractivity contribution in [2.45, 2.75) is 13.0 Å². The summed E-state index contributed by atoms with van der Waals surface area (Å²) >= 11 is 0. The number of aliphatic hydroxyl groups excluding tert-OH is 2. The molecule has 23 heavy (non-hydrogen) atoms. The van der Waals surface area contributed by atoms with E-state index in [1.165, 1.54) is 24.0 Å². The standard InChI is InChI=1S/C16H20N2O5/c1-10(20)13-14(11-2-4-12(21)5-3-11)18(16(23)15(13)22)8-6-17-7-9-19/h2-5,14,17,19,21-22H,6-9H2,1H3/t14-/m1/s1. The van der Waals surface area contributed by atoms with Gasteiger partial charge in [0.25, 0.3) is 5.91 Å². The minimum atomic E-state index is -0.684. The molecule has 0 spiro atoms. The van der Waals surface area contributed by atoms with E-state index in [0.717, 1.165) is 0 Å². The maximum atomic E-state index is 12.3. The Bertz CT molecular complexity index is 624. The Morgan fingerprint density at radius 3 is 2.43 bits per heavy atom. The fourth-order valence-electron chi connectivity index (χ4n) is 2.65. The summed E-state index contributed by atoms with van der Waals surface area (Å²) in [5.74, 6) is -1.43. The van der Waals surface area contributed by atoms with Crippen LogP contribution in [-0.4, -0.2) is 58.2 Å². The first-order chi connectivity index (χ1) is 11.0. The van der Waals surface area contributed by atoms with Crippen LogP contribution in [-0.2, 0) is 9.59 Å². The lowest BCUT2D eigenvalue weighted by molar-refractivity contribution is -0.129. The molecule has 0 aliphatic carbocycles. The second-order valence-electron chi connectivity index (χ2n) is 5.28. The molecule has 0 bridgehead atoms. The van der Waals surface area contributed by atoms with Crippen LogP contribution in [0, 0.1) is 0 Å². The van der Waals surface area contributed by atoms with Crippen molar-refractivity contribution in [1.82, 2.24) is 10.2 Å². The number of aromatic hydroxyl groups is 1. The number of phenolic OH excluding ortho intramolecular Hbond substituents is 1. The number of phenols is 1. The Balaban J connectivity index is 2.31. The van der Waals surface area contributed by atoms with Gasteiger partial charge in [-0.25, -0.2) is 0 Å². The number of benzene rings is 1. The molecule has 0 saturated heterocycles. The molecule has 1 atom stereocenters. The van der Waals surface area contributed by atoms with Gasteiger partial charge in [0.2, 0.25) is 0 Å². The summed E-state index contributed by atoms with van der Waals surface area (Å²) in [6.07, 6.45) is 0. The lowest BCUT2D eigenvalue weighted by Gasteiger charge is -2.26. The normalized spacial score (nSPS) is 17.9. The van der Waals surface area contributed by atoms with Crippen molar-refractivity contribution >= 4 is 11.7 Å². The van der Waals surface area contributed by atoms with Crippen molar-refractivity contribution in [3.8, 4) is 5.75 Å². The molecule has 7 nitrogen and oxygen atoms in total. The summed E-state index contributed by atoms with van der Waals surface area (Å²) in [6, 6.07) is 5.48.